The third-order valence-corrected chi connectivity index (χ3v) is 4.67. The topological polar surface area (TPSA) is 49.9 Å². The lowest BCUT2D eigenvalue weighted by molar-refractivity contribution is -0.132. The summed E-state index contributed by atoms with van der Waals surface area (Å²) in [6, 6.07) is 6.14. The predicted octanol–water partition coefficient (Wildman–Crippen LogP) is 1.08. The molecule has 1 aromatic rings. The summed E-state index contributed by atoms with van der Waals surface area (Å²) >= 11 is 0. The van der Waals surface area contributed by atoms with Gasteiger partial charge in [-0.3, -0.25) is 9.59 Å². The molecule has 1 aromatic carbocycles. The molecule has 2 heterocycles. The first kappa shape index (κ1) is 15.9. The molecule has 1 spiro atoms. The van der Waals surface area contributed by atoms with Gasteiger partial charge in [-0.1, -0.05) is 12.1 Å². The summed E-state index contributed by atoms with van der Waals surface area (Å²) in [5.41, 5.74) is 0.499. The summed E-state index contributed by atoms with van der Waals surface area (Å²) in [5.74, 6) is -0.359. The van der Waals surface area contributed by atoms with Crippen molar-refractivity contribution in [1.82, 2.24) is 9.80 Å². The zero-order chi connectivity index (χ0) is 16.4. The molecular weight excluding hydrogens is 299 g/mol. The van der Waals surface area contributed by atoms with Crippen LogP contribution in [0, 0.1) is 11.2 Å². The minimum Gasteiger partial charge on any atom is -0.371 e. The smallest absolute Gasteiger partial charge is 0.248 e. The molecule has 124 valence electrons. The summed E-state index contributed by atoms with van der Waals surface area (Å²) in [6.45, 7) is 2.44. The molecule has 0 aromatic heterocycles. The van der Waals surface area contributed by atoms with E-state index in [0.29, 0.717) is 31.8 Å². The third-order valence-electron chi connectivity index (χ3n) is 4.67. The van der Waals surface area contributed by atoms with E-state index in [0.717, 1.165) is 6.42 Å². The Bertz CT molecular complexity index is 622. The van der Waals surface area contributed by atoms with Crippen LogP contribution in [0.2, 0.25) is 0 Å². The second-order valence-corrected chi connectivity index (χ2v) is 6.61. The van der Waals surface area contributed by atoms with Crippen LogP contribution in [0.3, 0.4) is 0 Å². The van der Waals surface area contributed by atoms with Gasteiger partial charge < -0.3 is 14.5 Å². The van der Waals surface area contributed by atoms with Crippen molar-refractivity contribution in [2.75, 3.05) is 39.9 Å². The van der Waals surface area contributed by atoms with Crippen molar-refractivity contribution < 1.29 is 18.7 Å². The minimum absolute atomic E-state index is 0.00861. The van der Waals surface area contributed by atoms with Gasteiger partial charge in [0.05, 0.1) is 13.0 Å². The predicted molar refractivity (Wildman–Crippen MR) is 82.2 cm³/mol. The summed E-state index contributed by atoms with van der Waals surface area (Å²) < 4.78 is 18.7. The van der Waals surface area contributed by atoms with Crippen LogP contribution in [0.25, 0.3) is 0 Å². The number of hydrogen-bond acceptors (Lipinski definition) is 3. The highest BCUT2D eigenvalue weighted by atomic mass is 19.1. The number of likely N-dealkylation sites (N-methyl/N-ethyl adjacent to an activating group) is 1. The van der Waals surface area contributed by atoms with Crippen molar-refractivity contribution >= 4 is 11.8 Å². The number of halogens is 1. The van der Waals surface area contributed by atoms with Crippen molar-refractivity contribution in [3.8, 4) is 0 Å². The molecule has 5 nitrogen and oxygen atoms in total. The van der Waals surface area contributed by atoms with Crippen LogP contribution in [0.15, 0.2) is 24.3 Å². The molecule has 0 bridgehead atoms. The van der Waals surface area contributed by atoms with Crippen molar-refractivity contribution in [3.05, 3.63) is 35.6 Å². The summed E-state index contributed by atoms with van der Waals surface area (Å²) in [5, 5.41) is 0. The Kier molecular flexibility index (Phi) is 4.35. The average Bonchev–Trinajstić information content (AvgIpc) is 2.85. The highest BCUT2D eigenvalue weighted by Gasteiger charge is 2.43. The summed E-state index contributed by atoms with van der Waals surface area (Å²) in [7, 11) is 1.77. The fourth-order valence-corrected chi connectivity index (χ4v) is 3.43. The minimum atomic E-state index is -0.328. The van der Waals surface area contributed by atoms with Gasteiger partial charge in [0.25, 0.3) is 0 Å². The Morgan fingerprint density at radius 2 is 2.22 bits per heavy atom. The van der Waals surface area contributed by atoms with E-state index in [4.69, 9.17) is 4.74 Å². The lowest BCUT2D eigenvalue weighted by atomic mass is 9.88. The molecule has 1 unspecified atom stereocenters. The molecule has 2 fully saturated rings. The zero-order valence-corrected chi connectivity index (χ0v) is 13.3. The fourth-order valence-electron chi connectivity index (χ4n) is 3.43. The standard InChI is InChI=1S/C17H21FN2O3/c1-19-10-17(12-23-9-16(19)22)5-6-20(11-17)15(21)8-13-3-2-4-14(18)7-13/h2-4,7H,5-6,8-12H2,1H3. The van der Waals surface area contributed by atoms with Crippen LogP contribution >= 0.6 is 0 Å². The molecule has 0 saturated carbocycles. The van der Waals surface area contributed by atoms with E-state index in [-0.39, 0.29) is 36.1 Å². The largest absolute Gasteiger partial charge is 0.371 e. The lowest BCUT2D eigenvalue weighted by Crippen LogP contribution is -2.41. The normalized spacial score (nSPS) is 25.0. The van der Waals surface area contributed by atoms with Crippen LogP contribution in [0.1, 0.15) is 12.0 Å². The van der Waals surface area contributed by atoms with Gasteiger partial charge in [-0.05, 0) is 24.1 Å². The number of carbonyl (C=O) groups is 2. The van der Waals surface area contributed by atoms with Gasteiger partial charge in [0.15, 0.2) is 0 Å². The molecule has 0 aliphatic carbocycles. The van der Waals surface area contributed by atoms with Gasteiger partial charge in [0, 0.05) is 32.1 Å². The quantitative estimate of drug-likeness (QED) is 0.819. The SMILES string of the molecule is CN1CC2(CCN(C(=O)Cc3cccc(F)c3)C2)COCC1=O. The van der Waals surface area contributed by atoms with Crippen LogP contribution in [0.5, 0.6) is 0 Å². The van der Waals surface area contributed by atoms with E-state index < -0.39 is 0 Å². The van der Waals surface area contributed by atoms with Gasteiger partial charge in [-0.25, -0.2) is 4.39 Å². The third kappa shape index (κ3) is 3.52. The zero-order valence-electron chi connectivity index (χ0n) is 13.3. The Hall–Kier alpha value is -1.95. The highest BCUT2D eigenvalue weighted by Crippen LogP contribution is 2.33. The van der Waals surface area contributed by atoms with Crippen LogP contribution in [0.4, 0.5) is 4.39 Å². The lowest BCUT2D eigenvalue weighted by Gasteiger charge is -2.29. The monoisotopic (exact) mass is 320 g/mol. The van der Waals surface area contributed by atoms with E-state index in [1.54, 1.807) is 29.0 Å². The Balaban J connectivity index is 1.64. The molecular formula is C17H21FN2O3. The first-order chi connectivity index (χ1) is 11.0. The highest BCUT2D eigenvalue weighted by molar-refractivity contribution is 5.79. The number of nitrogens with zero attached hydrogens (tertiary/aromatic N) is 2. The van der Waals surface area contributed by atoms with Gasteiger partial charge in [-0.15, -0.1) is 0 Å². The average molecular weight is 320 g/mol. The molecule has 3 rings (SSSR count). The van der Waals surface area contributed by atoms with Crippen molar-refractivity contribution in [3.63, 3.8) is 0 Å². The van der Waals surface area contributed by atoms with Gasteiger partial charge in [-0.2, -0.15) is 0 Å². The number of carbonyl (C=O) groups excluding carboxylic acids is 2. The van der Waals surface area contributed by atoms with Gasteiger partial charge in [0.1, 0.15) is 12.4 Å². The van der Waals surface area contributed by atoms with Crippen LogP contribution < -0.4 is 0 Å². The second kappa shape index (κ2) is 6.28. The maximum absolute atomic E-state index is 13.2. The number of likely N-dealkylation sites (tertiary alicyclic amines) is 1. The van der Waals surface area contributed by atoms with Crippen molar-refractivity contribution in [1.29, 1.82) is 0 Å². The van der Waals surface area contributed by atoms with Gasteiger partial charge in [0.2, 0.25) is 11.8 Å². The number of rotatable bonds is 2. The molecule has 2 aliphatic heterocycles. The number of hydrogen-bond donors (Lipinski definition) is 0. The van der Waals surface area contributed by atoms with E-state index in [1.165, 1.54) is 12.1 Å². The van der Waals surface area contributed by atoms with E-state index in [1.807, 2.05) is 0 Å². The molecule has 2 saturated heterocycles. The van der Waals surface area contributed by atoms with Crippen LogP contribution in [-0.4, -0.2) is 61.5 Å². The molecule has 2 amide bonds. The second-order valence-electron chi connectivity index (χ2n) is 6.61. The first-order valence-corrected chi connectivity index (χ1v) is 7.81. The molecule has 0 radical (unpaired) electrons. The maximum atomic E-state index is 13.2. The number of benzene rings is 1. The first-order valence-electron chi connectivity index (χ1n) is 7.81. The van der Waals surface area contributed by atoms with E-state index in [9.17, 15) is 14.0 Å². The van der Waals surface area contributed by atoms with Gasteiger partial charge >= 0.3 is 0 Å². The summed E-state index contributed by atoms with van der Waals surface area (Å²) in [6.07, 6.45) is 1.02. The Morgan fingerprint density at radius 1 is 1.39 bits per heavy atom. The van der Waals surface area contributed by atoms with Crippen LogP contribution in [-0.2, 0) is 20.7 Å². The van der Waals surface area contributed by atoms with Crippen molar-refractivity contribution in [2.45, 2.75) is 12.8 Å². The van der Waals surface area contributed by atoms with Crippen molar-refractivity contribution in [2.24, 2.45) is 5.41 Å². The maximum Gasteiger partial charge on any atom is 0.248 e. The van der Waals surface area contributed by atoms with E-state index in [2.05, 4.69) is 0 Å². The molecule has 23 heavy (non-hydrogen) atoms. The molecule has 6 heteroatoms. The molecule has 0 N–H and O–H groups in total. The Labute approximate surface area is 135 Å². The fraction of sp³-hybridized carbons (Fsp3) is 0.529. The Morgan fingerprint density at radius 3 is 3.00 bits per heavy atom. The molecule has 1 atom stereocenters. The number of amides is 2. The summed E-state index contributed by atoms with van der Waals surface area (Å²) in [4.78, 5) is 27.7. The molecule has 2 aliphatic rings. The number of ether oxygens (including phenoxy) is 1. The van der Waals surface area contributed by atoms with E-state index >= 15 is 0 Å².